The fourth-order valence-electron chi connectivity index (χ4n) is 3.86. The highest BCUT2D eigenvalue weighted by Crippen LogP contribution is 2.36. The zero-order valence-corrected chi connectivity index (χ0v) is 17.1. The van der Waals surface area contributed by atoms with E-state index in [0.29, 0.717) is 16.4 Å². The number of carbonyl (C=O) groups excluding carboxylic acids is 1. The van der Waals surface area contributed by atoms with Gasteiger partial charge in [0, 0.05) is 25.5 Å². The number of fused-ring (bicyclic) bond motifs is 1. The highest BCUT2D eigenvalue weighted by Gasteiger charge is 2.30. The average Bonchev–Trinajstić information content (AvgIpc) is 3.41. The Morgan fingerprint density at radius 1 is 1.17 bits per heavy atom. The van der Waals surface area contributed by atoms with E-state index in [1.165, 1.54) is 31.9 Å². The molecular weight excluding hydrogens is 388 g/mol. The molecule has 1 amide bonds. The second kappa shape index (κ2) is 7.30. The number of halogens is 1. The standard InChI is InChI=1S/C21H23ClN6O/c1-13-9-28-12-16(6-17(22)20(28)25-13)26-21(29)18-7-24-19(8-23-18)27-10-15(11-27)5-4-14-2-3-14/h6-9,12,14-15H,2-5,10-11H2,1H3,(H,26,29). The predicted molar refractivity (Wildman–Crippen MR) is 113 cm³/mol. The van der Waals surface area contributed by atoms with Crippen molar-refractivity contribution >= 4 is 34.7 Å². The zero-order chi connectivity index (χ0) is 20.0. The molecule has 7 nitrogen and oxygen atoms in total. The lowest BCUT2D eigenvalue weighted by molar-refractivity contribution is 0.102. The Morgan fingerprint density at radius 3 is 2.69 bits per heavy atom. The van der Waals surface area contributed by atoms with Gasteiger partial charge in [0.2, 0.25) is 0 Å². The Labute approximate surface area is 174 Å². The number of pyridine rings is 1. The Balaban J connectivity index is 1.20. The van der Waals surface area contributed by atoms with Crippen LogP contribution in [-0.2, 0) is 0 Å². The van der Waals surface area contributed by atoms with Crippen molar-refractivity contribution in [2.75, 3.05) is 23.3 Å². The largest absolute Gasteiger partial charge is 0.355 e. The first-order chi connectivity index (χ1) is 14.0. The number of aryl methyl sites for hydroxylation is 1. The Bertz CT molecular complexity index is 1050. The van der Waals surface area contributed by atoms with Crippen molar-refractivity contribution in [3.63, 3.8) is 0 Å². The molecule has 4 heterocycles. The molecule has 0 radical (unpaired) electrons. The third kappa shape index (κ3) is 3.92. The molecule has 0 atom stereocenters. The number of amides is 1. The zero-order valence-electron chi connectivity index (χ0n) is 16.3. The monoisotopic (exact) mass is 410 g/mol. The quantitative estimate of drug-likeness (QED) is 0.665. The van der Waals surface area contributed by atoms with E-state index in [0.717, 1.165) is 36.4 Å². The molecule has 5 rings (SSSR count). The number of hydrogen-bond donors (Lipinski definition) is 1. The first kappa shape index (κ1) is 18.4. The summed E-state index contributed by atoms with van der Waals surface area (Å²) >= 11 is 6.27. The second-order valence-electron chi connectivity index (χ2n) is 8.20. The molecule has 29 heavy (non-hydrogen) atoms. The van der Waals surface area contributed by atoms with E-state index in [4.69, 9.17) is 11.6 Å². The number of nitrogens with one attached hydrogen (secondary N) is 1. The minimum Gasteiger partial charge on any atom is -0.355 e. The van der Waals surface area contributed by atoms with Gasteiger partial charge in [-0.3, -0.25) is 4.79 Å². The Kier molecular flexibility index (Phi) is 4.62. The number of imidazole rings is 1. The first-order valence-corrected chi connectivity index (χ1v) is 10.5. The maximum atomic E-state index is 12.5. The van der Waals surface area contributed by atoms with Crippen LogP contribution in [0.3, 0.4) is 0 Å². The number of nitrogens with zero attached hydrogens (tertiary/aromatic N) is 5. The van der Waals surface area contributed by atoms with E-state index >= 15 is 0 Å². The van der Waals surface area contributed by atoms with Crippen LogP contribution in [0, 0.1) is 18.8 Å². The summed E-state index contributed by atoms with van der Waals surface area (Å²) in [6, 6.07) is 1.69. The molecule has 0 aromatic carbocycles. The van der Waals surface area contributed by atoms with E-state index < -0.39 is 0 Å². The third-order valence-electron chi connectivity index (χ3n) is 5.72. The highest BCUT2D eigenvalue weighted by atomic mass is 35.5. The number of aromatic nitrogens is 4. The molecule has 2 aliphatic rings. The molecule has 0 spiro atoms. The summed E-state index contributed by atoms with van der Waals surface area (Å²) in [5.41, 5.74) is 2.38. The lowest BCUT2D eigenvalue weighted by Gasteiger charge is -2.40. The fourth-order valence-corrected chi connectivity index (χ4v) is 4.12. The average molecular weight is 411 g/mol. The number of hydrogen-bond acceptors (Lipinski definition) is 5. The summed E-state index contributed by atoms with van der Waals surface area (Å²) < 4.78 is 1.80. The van der Waals surface area contributed by atoms with E-state index in [1.54, 1.807) is 22.9 Å². The fraction of sp³-hybridized carbons (Fsp3) is 0.429. The van der Waals surface area contributed by atoms with Crippen molar-refractivity contribution in [1.82, 2.24) is 19.4 Å². The van der Waals surface area contributed by atoms with Crippen LogP contribution < -0.4 is 10.2 Å². The van der Waals surface area contributed by atoms with Crippen LogP contribution in [-0.4, -0.2) is 38.3 Å². The number of rotatable bonds is 6. The lowest BCUT2D eigenvalue weighted by atomic mass is 9.93. The van der Waals surface area contributed by atoms with Crippen molar-refractivity contribution in [3.8, 4) is 0 Å². The summed E-state index contributed by atoms with van der Waals surface area (Å²) in [5, 5.41) is 3.31. The third-order valence-corrected chi connectivity index (χ3v) is 5.99. The maximum absolute atomic E-state index is 12.5. The summed E-state index contributed by atoms with van der Waals surface area (Å²) in [5.74, 6) is 2.28. The second-order valence-corrected chi connectivity index (χ2v) is 8.60. The van der Waals surface area contributed by atoms with Crippen molar-refractivity contribution < 1.29 is 4.79 Å². The SMILES string of the molecule is Cc1cn2cc(NC(=O)c3cnc(N4CC(CCC5CC5)C4)cn3)cc(Cl)c2n1. The van der Waals surface area contributed by atoms with Crippen LogP contribution in [0.5, 0.6) is 0 Å². The van der Waals surface area contributed by atoms with Crippen LogP contribution in [0.2, 0.25) is 5.02 Å². The van der Waals surface area contributed by atoms with Gasteiger partial charge in [-0.05, 0) is 31.2 Å². The molecular formula is C21H23ClN6O. The smallest absolute Gasteiger partial charge is 0.275 e. The molecule has 150 valence electrons. The van der Waals surface area contributed by atoms with E-state index in [2.05, 4.69) is 25.2 Å². The van der Waals surface area contributed by atoms with E-state index in [1.807, 2.05) is 13.1 Å². The lowest BCUT2D eigenvalue weighted by Crippen LogP contribution is -2.47. The molecule has 3 aromatic heterocycles. The molecule has 0 unspecified atom stereocenters. The van der Waals surface area contributed by atoms with Gasteiger partial charge >= 0.3 is 0 Å². The van der Waals surface area contributed by atoms with Crippen LogP contribution in [0.25, 0.3) is 5.65 Å². The van der Waals surface area contributed by atoms with E-state index in [9.17, 15) is 4.79 Å². The first-order valence-electron chi connectivity index (χ1n) is 10.1. The van der Waals surface area contributed by atoms with Crippen molar-refractivity contribution in [2.24, 2.45) is 11.8 Å². The Morgan fingerprint density at radius 2 is 1.97 bits per heavy atom. The van der Waals surface area contributed by atoms with Crippen LogP contribution >= 0.6 is 11.6 Å². The van der Waals surface area contributed by atoms with Crippen molar-refractivity contribution in [2.45, 2.75) is 32.6 Å². The topological polar surface area (TPSA) is 75.4 Å². The van der Waals surface area contributed by atoms with Gasteiger partial charge in [0.25, 0.3) is 5.91 Å². The molecule has 0 bridgehead atoms. The van der Waals surface area contributed by atoms with Crippen LogP contribution in [0.1, 0.15) is 41.9 Å². The number of anilines is 2. The minimum absolute atomic E-state index is 0.276. The van der Waals surface area contributed by atoms with Crippen molar-refractivity contribution in [3.05, 3.63) is 47.3 Å². The van der Waals surface area contributed by atoms with Gasteiger partial charge in [-0.1, -0.05) is 30.9 Å². The van der Waals surface area contributed by atoms with Gasteiger partial charge < -0.3 is 14.6 Å². The summed E-state index contributed by atoms with van der Waals surface area (Å²) in [4.78, 5) is 27.9. The molecule has 1 saturated heterocycles. The molecule has 3 aromatic rings. The Hall–Kier alpha value is -2.67. The normalized spacial score (nSPS) is 16.8. The predicted octanol–water partition coefficient (Wildman–Crippen LogP) is 3.96. The molecule has 2 fully saturated rings. The van der Waals surface area contributed by atoms with Gasteiger partial charge in [0.1, 0.15) is 11.5 Å². The van der Waals surface area contributed by atoms with Gasteiger partial charge in [-0.15, -0.1) is 0 Å². The van der Waals surface area contributed by atoms with Gasteiger partial charge in [-0.25, -0.2) is 15.0 Å². The molecule has 1 aliphatic carbocycles. The number of carbonyl (C=O) groups is 1. The molecule has 1 aliphatic heterocycles. The minimum atomic E-state index is -0.317. The van der Waals surface area contributed by atoms with Gasteiger partial charge in [0.15, 0.2) is 5.65 Å². The van der Waals surface area contributed by atoms with Crippen molar-refractivity contribution in [1.29, 1.82) is 0 Å². The van der Waals surface area contributed by atoms with Gasteiger partial charge in [-0.2, -0.15) is 0 Å². The summed E-state index contributed by atoms with van der Waals surface area (Å²) in [6.45, 7) is 3.97. The molecule has 1 N–H and O–H groups in total. The summed E-state index contributed by atoms with van der Waals surface area (Å²) in [7, 11) is 0. The van der Waals surface area contributed by atoms with E-state index in [-0.39, 0.29) is 11.6 Å². The van der Waals surface area contributed by atoms with Gasteiger partial charge in [0.05, 0.1) is 28.8 Å². The van der Waals surface area contributed by atoms with Crippen LogP contribution in [0.4, 0.5) is 11.5 Å². The van der Waals surface area contributed by atoms with Crippen LogP contribution in [0.15, 0.2) is 30.9 Å². The highest BCUT2D eigenvalue weighted by molar-refractivity contribution is 6.33. The molecule has 8 heteroatoms. The maximum Gasteiger partial charge on any atom is 0.275 e. The summed E-state index contributed by atoms with van der Waals surface area (Å²) in [6.07, 6.45) is 12.4. The molecule has 1 saturated carbocycles.